The Bertz CT molecular complexity index is 265. The summed E-state index contributed by atoms with van der Waals surface area (Å²) in [6.07, 6.45) is 1.36. The maximum absolute atomic E-state index is 5.73. The fraction of sp³-hybridized carbons (Fsp3) is 0.500. The van der Waals surface area contributed by atoms with Crippen LogP contribution in [0.25, 0.3) is 0 Å². The van der Waals surface area contributed by atoms with Gasteiger partial charge in [-0.3, -0.25) is 0 Å². The van der Waals surface area contributed by atoms with E-state index in [0.717, 1.165) is 19.6 Å². The summed E-state index contributed by atoms with van der Waals surface area (Å²) in [5.41, 5.74) is 1.36. The molecule has 0 radical (unpaired) electrons. The first kappa shape index (κ1) is 9.69. The summed E-state index contributed by atoms with van der Waals surface area (Å²) >= 11 is 0. The molecule has 1 aromatic carbocycles. The van der Waals surface area contributed by atoms with Gasteiger partial charge in [0.25, 0.3) is 0 Å². The van der Waals surface area contributed by atoms with E-state index < -0.39 is 0 Å². The third kappa shape index (κ3) is 2.56. The van der Waals surface area contributed by atoms with Gasteiger partial charge in [0.05, 0.1) is 12.7 Å². The zero-order valence-electron chi connectivity index (χ0n) is 8.57. The molecule has 1 aromatic rings. The molecule has 0 aromatic heterocycles. The molecule has 2 nitrogen and oxygen atoms in total. The van der Waals surface area contributed by atoms with Gasteiger partial charge in [-0.1, -0.05) is 30.3 Å². The van der Waals surface area contributed by atoms with Crippen LogP contribution in [0.3, 0.4) is 0 Å². The van der Waals surface area contributed by atoms with Gasteiger partial charge in [-0.05, 0) is 18.9 Å². The van der Waals surface area contributed by atoms with E-state index in [9.17, 15) is 0 Å². The van der Waals surface area contributed by atoms with Crippen LogP contribution in [0.4, 0.5) is 0 Å². The van der Waals surface area contributed by atoms with Crippen LogP contribution in [-0.4, -0.2) is 25.3 Å². The Hall–Kier alpha value is -0.860. The molecule has 2 atom stereocenters. The fourth-order valence-corrected chi connectivity index (χ4v) is 1.74. The van der Waals surface area contributed by atoms with Gasteiger partial charge in [-0.15, -0.1) is 0 Å². The van der Waals surface area contributed by atoms with Crippen molar-refractivity contribution in [2.45, 2.75) is 25.5 Å². The predicted octanol–water partition coefficient (Wildman–Crippen LogP) is 1.61. The minimum Gasteiger partial charge on any atom is -0.375 e. The van der Waals surface area contributed by atoms with E-state index in [2.05, 4.69) is 36.5 Å². The van der Waals surface area contributed by atoms with Crippen LogP contribution in [0.5, 0.6) is 0 Å². The van der Waals surface area contributed by atoms with E-state index in [-0.39, 0.29) is 0 Å². The van der Waals surface area contributed by atoms with Crippen molar-refractivity contribution in [1.29, 1.82) is 0 Å². The summed E-state index contributed by atoms with van der Waals surface area (Å²) in [5.74, 6) is 0. The quantitative estimate of drug-likeness (QED) is 0.766. The third-order valence-electron chi connectivity index (χ3n) is 2.58. The van der Waals surface area contributed by atoms with Crippen molar-refractivity contribution < 1.29 is 4.74 Å². The summed E-state index contributed by atoms with van der Waals surface area (Å²) in [5, 5.41) is 3.43. The van der Waals surface area contributed by atoms with Crippen molar-refractivity contribution in [2.75, 3.05) is 13.2 Å². The molecule has 1 heterocycles. The number of morpholine rings is 1. The Morgan fingerprint density at radius 2 is 2.14 bits per heavy atom. The first-order valence-electron chi connectivity index (χ1n) is 5.23. The summed E-state index contributed by atoms with van der Waals surface area (Å²) < 4.78 is 5.73. The van der Waals surface area contributed by atoms with Gasteiger partial charge in [-0.2, -0.15) is 0 Å². The molecule has 1 saturated heterocycles. The molecule has 0 bridgehead atoms. The Labute approximate surface area is 85.3 Å². The summed E-state index contributed by atoms with van der Waals surface area (Å²) in [6, 6.07) is 11.0. The topological polar surface area (TPSA) is 21.3 Å². The van der Waals surface area contributed by atoms with E-state index in [1.807, 2.05) is 6.07 Å². The van der Waals surface area contributed by atoms with Crippen LogP contribution >= 0.6 is 0 Å². The Balaban J connectivity index is 1.87. The smallest absolute Gasteiger partial charge is 0.0740 e. The largest absolute Gasteiger partial charge is 0.375 e. The first-order chi connectivity index (χ1) is 6.84. The van der Waals surface area contributed by atoms with Crippen molar-refractivity contribution in [2.24, 2.45) is 0 Å². The van der Waals surface area contributed by atoms with Gasteiger partial charge in [0.15, 0.2) is 0 Å². The van der Waals surface area contributed by atoms with Gasteiger partial charge in [0, 0.05) is 12.6 Å². The normalized spacial score (nSPS) is 27.5. The highest BCUT2D eigenvalue weighted by Gasteiger charge is 2.17. The van der Waals surface area contributed by atoms with Crippen LogP contribution in [-0.2, 0) is 11.2 Å². The SMILES string of the molecule is CC1COC(Cc2ccccc2)CN1. The van der Waals surface area contributed by atoms with Gasteiger partial charge < -0.3 is 10.1 Å². The van der Waals surface area contributed by atoms with Crippen LogP contribution in [0.2, 0.25) is 0 Å². The average molecular weight is 191 g/mol. The van der Waals surface area contributed by atoms with Crippen molar-refractivity contribution in [3.63, 3.8) is 0 Å². The molecule has 1 fully saturated rings. The van der Waals surface area contributed by atoms with E-state index in [1.54, 1.807) is 0 Å². The molecule has 1 N–H and O–H groups in total. The Morgan fingerprint density at radius 1 is 1.36 bits per heavy atom. The predicted molar refractivity (Wildman–Crippen MR) is 57.4 cm³/mol. The van der Waals surface area contributed by atoms with Gasteiger partial charge in [0.1, 0.15) is 0 Å². The van der Waals surface area contributed by atoms with E-state index >= 15 is 0 Å². The number of rotatable bonds is 2. The molecule has 0 amide bonds. The number of hydrogen-bond donors (Lipinski definition) is 1. The molecule has 2 unspecified atom stereocenters. The van der Waals surface area contributed by atoms with Crippen LogP contribution in [0, 0.1) is 0 Å². The maximum Gasteiger partial charge on any atom is 0.0740 e. The third-order valence-corrected chi connectivity index (χ3v) is 2.58. The molecule has 0 aliphatic carbocycles. The van der Waals surface area contributed by atoms with E-state index in [4.69, 9.17) is 4.74 Å². The van der Waals surface area contributed by atoms with E-state index in [1.165, 1.54) is 5.56 Å². The monoisotopic (exact) mass is 191 g/mol. The highest BCUT2D eigenvalue weighted by Crippen LogP contribution is 2.08. The molecule has 2 heteroatoms. The van der Waals surface area contributed by atoms with Gasteiger partial charge >= 0.3 is 0 Å². The second-order valence-electron chi connectivity index (χ2n) is 3.95. The molecule has 76 valence electrons. The van der Waals surface area contributed by atoms with Crippen LogP contribution in [0.15, 0.2) is 30.3 Å². The van der Waals surface area contributed by atoms with Crippen molar-refractivity contribution in [1.82, 2.24) is 5.32 Å². The Kier molecular flexibility index (Phi) is 3.17. The Morgan fingerprint density at radius 3 is 2.79 bits per heavy atom. The minimum absolute atomic E-state index is 0.341. The fourth-order valence-electron chi connectivity index (χ4n) is 1.74. The number of nitrogens with one attached hydrogen (secondary N) is 1. The molecular weight excluding hydrogens is 174 g/mol. The summed E-state index contributed by atoms with van der Waals surface area (Å²) in [7, 11) is 0. The molecule has 2 rings (SSSR count). The lowest BCUT2D eigenvalue weighted by atomic mass is 10.1. The standard InChI is InChI=1S/C12H17NO/c1-10-9-14-12(8-13-10)7-11-5-3-2-4-6-11/h2-6,10,12-13H,7-9H2,1H3. The highest BCUT2D eigenvalue weighted by molar-refractivity contribution is 5.15. The average Bonchev–Trinajstić information content (AvgIpc) is 2.23. The number of ether oxygens (including phenoxy) is 1. The zero-order valence-corrected chi connectivity index (χ0v) is 8.57. The van der Waals surface area contributed by atoms with Crippen molar-refractivity contribution in [3.05, 3.63) is 35.9 Å². The summed E-state index contributed by atoms with van der Waals surface area (Å²) in [6.45, 7) is 3.95. The zero-order chi connectivity index (χ0) is 9.80. The molecular formula is C12H17NO. The lowest BCUT2D eigenvalue weighted by Gasteiger charge is -2.28. The van der Waals surface area contributed by atoms with Crippen LogP contribution in [0.1, 0.15) is 12.5 Å². The number of benzene rings is 1. The highest BCUT2D eigenvalue weighted by atomic mass is 16.5. The molecule has 0 saturated carbocycles. The van der Waals surface area contributed by atoms with E-state index in [0.29, 0.717) is 12.1 Å². The van der Waals surface area contributed by atoms with Crippen molar-refractivity contribution >= 4 is 0 Å². The van der Waals surface area contributed by atoms with Gasteiger partial charge in [0.2, 0.25) is 0 Å². The lowest BCUT2D eigenvalue weighted by Crippen LogP contribution is -2.45. The molecule has 14 heavy (non-hydrogen) atoms. The van der Waals surface area contributed by atoms with Crippen molar-refractivity contribution in [3.8, 4) is 0 Å². The second-order valence-corrected chi connectivity index (χ2v) is 3.95. The molecule has 1 aliphatic heterocycles. The second kappa shape index (κ2) is 4.58. The van der Waals surface area contributed by atoms with Crippen LogP contribution < -0.4 is 5.32 Å². The minimum atomic E-state index is 0.341. The maximum atomic E-state index is 5.73. The molecule has 1 aliphatic rings. The van der Waals surface area contributed by atoms with Gasteiger partial charge in [-0.25, -0.2) is 0 Å². The summed E-state index contributed by atoms with van der Waals surface area (Å²) in [4.78, 5) is 0. The molecule has 0 spiro atoms. The number of hydrogen-bond acceptors (Lipinski definition) is 2. The first-order valence-corrected chi connectivity index (χ1v) is 5.23. The lowest BCUT2D eigenvalue weighted by molar-refractivity contribution is 0.00882.